The van der Waals surface area contributed by atoms with Crippen LogP contribution in [0.5, 0.6) is 0 Å². The van der Waals surface area contributed by atoms with E-state index in [2.05, 4.69) is 25.8 Å². The number of benzene rings is 1. The highest BCUT2D eigenvalue weighted by molar-refractivity contribution is 5.92. The molecule has 0 saturated carbocycles. The Balaban J connectivity index is 1.63. The molecule has 2 N–H and O–H groups in total. The normalized spacial score (nSPS) is 12.1. The van der Waals surface area contributed by atoms with Crippen LogP contribution in [0.3, 0.4) is 0 Å². The minimum absolute atomic E-state index is 0.0490. The van der Waals surface area contributed by atoms with Crippen LogP contribution >= 0.6 is 0 Å². The Kier molecular flexibility index (Phi) is 4.18. The summed E-state index contributed by atoms with van der Waals surface area (Å²) in [5.41, 5.74) is 3.07. The number of rotatable bonds is 5. The fourth-order valence-corrected chi connectivity index (χ4v) is 2.32. The summed E-state index contributed by atoms with van der Waals surface area (Å²) in [5.74, 6) is -0.244. The summed E-state index contributed by atoms with van der Waals surface area (Å²) < 4.78 is 1.58. The van der Waals surface area contributed by atoms with E-state index < -0.39 is 0 Å². The smallest absolute Gasteiger partial charge is 0.273 e. The number of nitrogens with zero attached hydrogens (tertiary/aromatic N) is 4. The van der Waals surface area contributed by atoms with Gasteiger partial charge >= 0.3 is 0 Å². The molecule has 7 heteroatoms. The van der Waals surface area contributed by atoms with Crippen molar-refractivity contribution in [3.05, 3.63) is 59.7 Å². The standard InChI is InChI=1S/C16H18N6O/c1-11(8-13-9-12(2)18-19-13)17-16(23)15-10-22(21-20-15)14-6-4-3-5-7-14/h3-7,9-11H,8H2,1-2H3,(H,17,23)(H,18,19)/t11-/m1/s1. The van der Waals surface area contributed by atoms with Gasteiger partial charge in [-0.25, -0.2) is 4.68 Å². The van der Waals surface area contributed by atoms with Crippen LogP contribution in [-0.4, -0.2) is 37.1 Å². The van der Waals surface area contributed by atoms with E-state index in [0.717, 1.165) is 17.1 Å². The topological polar surface area (TPSA) is 88.5 Å². The Morgan fingerprint density at radius 1 is 1.35 bits per heavy atom. The molecule has 1 atom stereocenters. The van der Waals surface area contributed by atoms with Crippen molar-refractivity contribution in [2.45, 2.75) is 26.3 Å². The predicted molar refractivity (Wildman–Crippen MR) is 85.3 cm³/mol. The van der Waals surface area contributed by atoms with Crippen molar-refractivity contribution < 1.29 is 4.79 Å². The third-order valence-electron chi connectivity index (χ3n) is 3.40. The van der Waals surface area contributed by atoms with Gasteiger partial charge < -0.3 is 5.32 Å². The van der Waals surface area contributed by atoms with Crippen molar-refractivity contribution in [2.75, 3.05) is 0 Å². The maximum Gasteiger partial charge on any atom is 0.273 e. The first-order valence-electron chi connectivity index (χ1n) is 7.41. The van der Waals surface area contributed by atoms with Gasteiger partial charge in [0, 0.05) is 18.2 Å². The lowest BCUT2D eigenvalue weighted by atomic mass is 10.1. The third kappa shape index (κ3) is 3.63. The zero-order valence-electron chi connectivity index (χ0n) is 13.0. The minimum Gasteiger partial charge on any atom is -0.348 e. The molecule has 0 fully saturated rings. The Hall–Kier alpha value is -2.96. The van der Waals surface area contributed by atoms with Gasteiger partial charge in [0.2, 0.25) is 0 Å². The van der Waals surface area contributed by atoms with Gasteiger partial charge in [-0.3, -0.25) is 9.89 Å². The second-order valence-corrected chi connectivity index (χ2v) is 5.50. The van der Waals surface area contributed by atoms with Crippen LogP contribution in [0.2, 0.25) is 0 Å². The number of carbonyl (C=O) groups excluding carboxylic acids is 1. The van der Waals surface area contributed by atoms with Crippen LogP contribution in [-0.2, 0) is 6.42 Å². The van der Waals surface area contributed by atoms with Gasteiger partial charge in [0.1, 0.15) is 0 Å². The zero-order valence-corrected chi connectivity index (χ0v) is 13.0. The first kappa shape index (κ1) is 15.0. The highest BCUT2D eigenvalue weighted by atomic mass is 16.2. The fraction of sp³-hybridized carbons (Fsp3) is 0.250. The Bertz CT molecular complexity index is 792. The van der Waals surface area contributed by atoms with Crippen molar-refractivity contribution >= 4 is 5.91 Å². The SMILES string of the molecule is Cc1cc(C[C@@H](C)NC(=O)c2cn(-c3ccccc3)nn2)n[nH]1. The summed E-state index contributed by atoms with van der Waals surface area (Å²) in [6.07, 6.45) is 2.28. The number of para-hydroxylation sites is 1. The number of H-pyrrole nitrogens is 1. The van der Waals surface area contributed by atoms with Gasteiger partial charge in [-0.1, -0.05) is 23.4 Å². The number of aromatic nitrogens is 5. The molecule has 1 aromatic carbocycles. The van der Waals surface area contributed by atoms with E-state index in [9.17, 15) is 4.79 Å². The zero-order chi connectivity index (χ0) is 16.2. The van der Waals surface area contributed by atoms with Gasteiger partial charge in [-0.2, -0.15) is 5.10 Å². The highest BCUT2D eigenvalue weighted by Crippen LogP contribution is 2.06. The molecule has 0 aliphatic rings. The fourth-order valence-electron chi connectivity index (χ4n) is 2.32. The summed E-state index contributed by atoms with van der Waals surface area (Å²) in [4.78, 5) is 12.2. The lowest BCUT2D eigenvalue weighted by Gasteiger charge is -2.10. The average Bonchev–Trinajstić information content (AvgIpc) is 3.17. The number of aryl methyl sites for hydroxylation is 1. The summed E-state index contributed by atoms with van der Waals surface area (Å²) in [7, 11) is 0. The second-order valence-electron chi connectivity index (χ2n) is 5.50. The Morgan fingerprint density at radius 3 is 2.83 bits per heavy atom. The number of nitrogens with one attached hydrogen (secondary N) is 2. The van der Waals surface area contributed by atoms with E-state index in [1.807, 2.05) is 50.2 Å². The lowest BCUT2D eigenvalue weighted by molar-refractivity contribution is 0.0935. The molecular weight excluding hydrogens is 292 g/mol. The maximum absolute atomic E-state index is 12.2. The summed E-state index contributed by atoms with van der Waals surface area (Å²) in [6, 6.07) is 11.5. The number of carbonyl (C=O) groups is 1. The molecule has 0 saturated heterocycles. The Morgan fingerprint density at radius 2 is 2.13 bits per heavy atom. The van der Waals surface area contributed by atoms with E-state index in [0.29, 0.717) is 12.1 Å². The monoisotopic (exact) mass is 310 g/mol. The van der Waals surface area contributed by atoms with Crippen LogP contribution in [0.4, 0.5) is 0 Å². The van der Waals surface area contributed by atoms with Crippen molar-refractivity contribution in [3.63, 3.8) is 0 Å². The van der Waals surface area contributed by atoms with Crippen molar-refractivity contribution in [3.8, 4) is 5.69 Å². The van der Waals surface area contributed by atoms with E-state index >= 15 is 0 Å². The van der Waals surface area contributed by atoms with Gasteiger partial charge in [-0.15, -0.1) is 5.10 Å². The highest BCUT2D eigenvalue weighted by Gasteiger charge is 2.15. The number of hydrogen-bond acceptors (Lipinski definition) is 4. The quantitative estimate of drug-likeness (QED) is 0.750. The van der Waals surface area contributed by atoms with Crippen LogP contribution in [0.15, 0.2) is 42.6 Å². The van der Waals surface area contributed by atoms with Crippen LogP contribution in [0.25, 0.3) is 5.69 Å². The van der Waals surface area contributed by atoms with Crippen molar-refractivity contribution in [1.29, 1.82) is 0 Å². The molecule has 2 aromatic heterocycles. The first-order chi connectivity index (χ1) is 11.1. The molecule has 3 rings (SSSR count). The third-order valence-corrected chi connectivity index (χ3v) is 3.40. The molecule has 0 spiro atoms. The average molecular weight is 310 g/mol. The van der Waals surface area contributed by atoms with Gasteiger partial charge in [-0.05, 0) is 32.0 Å². The second kappa shape index (κ2) is 6.43. The van der Waals surface area contributed by atoms with Crippen LogP contribution < -0.4 is 5.32 Å². The Labute approximate surface area is 133 Å². The van der Waals surface area contributed by atoms with Crippen molar-refractivity contribution in [1.82, 2.24) is 30.5 Å². The number of aromatic amines is 1. The number of hydrogen-bond donors (Lipinski definition) is 2. The van der Waals surface area contributed by atoms with Gasteiger partial charge in [0.15, 0.2) is 5.69 Å². The van der Waals surface area contributed by atoms with Gasteiger partial charge in [0.25, 0.3) is 5.91 Å². The molecule has 0 aliphatic heterocycles. The molecule has 2 heterocycles. The molecule has 0 unspecified atom stereocenters. The van der Waals surface area contributed by atoms with E-state index in [1.54, 1.807) is 10.9 Å². The molecule has 0 aliphatic carbocycles. The summed E-state index contributed by atoms with van der Waals surface area (Å²) in [6.45, 7) is 3.88. The van der Waals surface area contributed by atoms with Crippen molar-refractivity contribution in [2.24, 2.45) is 0 Å². The molecule has 23 heavy (non-hydrogen) atoms. The molecule has 0 radical (unpaired) electrons. The summed E-state index contributed by atoms with van der Waals surface area (Å²) >= 11 is 0. The van der Waals surface area contributed by atoms with E-state index in [4.69, 9.17) is 0 Å². The van der Waals surface area contributed by atoms with Crippen LogP contribution in [0.1, 0.15) is 28.8 Å². The predicted octanol–water partition coefficient (Wildman–Crippen LogP) is 1.66. The number of amides is 1. The lowest BCUT2D eigenvalue weighted by Crippen LogP contribution is -2.34. The van der Waals surface area contributed by atoms with E-state index in [-0.39, 0.29) is 11.9 Å². The van der Waals surface area contributed by atoms with Crippen LogP contribution in [0, 0.1) is 6.92 Å². The minimum atomic E-state index is -0.244. The summed E-state index contributed by atoms with van der Waals surface area (Å²) in [5, 5.41) is 17.9. The molecule has 7 nitrogen and oxygen atoms in total. The first-order valence-corrected chi connectivity index (χ1v) is 7.41. The van der Waals surface area contributed by atoms with E-state index in [1.165, 1.54) is 0 Å². The van der Waals surface area contributed by atoms with Gasteiger partial charge in [0.05, 0.1) is 17.6 Å². The molecule has 0 bridgehead atoms. The molecule has 118 valence electrons. The molecule has 1 amide bonds. The molecule has 3 aromatic rings. The largest absolute Gasteiger partial charge is 0.348 e. The molecular formula is C16H18N6O. The maximum atomic E-state index is 12.2.